The molecule has 0 unspecified atom stereocenters. The number of aromatic nitrogens is 2. The maximum Gasteiger partial charge on any atom is 0.263 e. The highest BCUT2D eigenvalue weighted by molar-refractivity contribution is 6.30. The predicted octanol–water partition coefficient (Wildman–Crippen LogP) is 3.08. The van der Waals surface area contributed by atoms with Gasteiger partial charge in [-0.15, -0.1) is 24.8 Å². The zero-order chi connectivity index (χ0) is 16.7. The lowest BCUT2D eigenvalue weighted by atomic mass is 9.78. The van der Waals surface area contributed by atoms with Gasteiger partial charge in [0.25, 0.3) is 5.56 Å². The van der Waals surface area contributed by atoms with E-state index in [4.69, 9.17) is 11.6 Å². The molecule has 4 rings (SSSR count). The molecule has 0 aromatic carbocycles. The lowest BCUT2D eigenvalue weighted by Gasteiger charge is -2.33. The van der Waals surface area contributed by atoms with Gasteiger partial charge in [-0.3, -0.25) is 14.1 Å². The van der Waals surface area contributed by atoms with Crippen LogP contribution < -0.4 is 10.9 Å². The van der Waals surface area contributed by atoms with Crippen molar-refractivity contribution in [3.63, 3.8) is 0 Å². The molecule has 2 aliphatic rings. The highest BCUT2D eigenvalue weighted by Gasteiger charge is 2.39. The second-order valence-corrected chi connectivity index (χ2v) is 7.64. The highest BCUT2D eigenvalue weighted by atomic mass is 35.5. The van der Waals surface area contributed by atoms with E-state index >= 15 is 0 Å². The van der Waals surface area contributed by atoms with E-state index in [-0.39, 0.29) is 30.4 Å². The summed E-state index contributed by atoms with van der Waals surface area (Å²) in [6.45, 7) is 6.84. The average Bonchev–Trinajstić information content (AvgIpc) is 2.95. The van der Waals surface area contributed by atoms with Gasteiger partial charge in [-0.05, 0) is 62.9 Å². The minimum absolute atomic E-state index is 0. The largest absolute Gasteiger partial charge is 0.317 e. The number of nitrogens with one attached hydrogen (secondary N) is 1. The molecule has 0 aliphatic carbocycles. The third-order valence-electron chi connectivity index (χ3n) is 5.66. The summed E-state index contributed by atoms with van der Waals surface area (Å²) in [6.07, 6.45) is 5.44. The monoisotopic (exact) mass is 418 g/mol. The number of nitrogens with zero attached hydrogens (tertiary/aromatic N) is 3. The molecule has 8 heteroatoms. The van der Waals surface area contributed by atoms with Crippen LogP contribution in [0.1, 0.15) is 30.4 Å². The van der Waals surface area contributed by atoms with Gasteiger partial charge in [0.1, 0.15) is 10.8 Å². The molecule has 2 aromatic heterocycles. The van der Waals surface area contributed by atoms with Gasteiger partial charge in [-0.1, -0.05) is 17.7 Å². The van der Waals surface area contributed by atoms with Gasteiger partial charge in [0.2, 0.25) is 0 Å². The Morgan fingerprint density at radius 3 is 2.73 bits per heavy atom. The molecule has 2 fully saturated rings. The van der Waals surface area contributed by atoms with Crippen LogP contribution in [0.15, 0.2) is 23.1 Å². The summed E-state index contributed by atoms with van der Waals surface area (Å²) in [7, 11) is 0. The summed E-state index contributed by atoms with van der Waals surface area (Å²) in [5.74, 6) is 0. The topological polar surface area (TPSA) is 49.6 Å². The van der Waals surface area contributed by atoms with Crippen LogP contribution in [0.5, 0.6) is 0 Å². The third-order valence-corrected chi connectivity index (χ3v) is 5.97. The summed E-state index contributed by atoms with van der Waals surface area (Å²) in [5.41, 5.74) is 2.60. The zero-order valence-corrected chi connectivity index (χ0v) is 17.2. The first kappa shape index (κ1) is 21.5. The lowest BCUT2D eigenvalue weighted by Crippen LogP contribution is -2.39. The standard InChI is InChI=1S/C18H23ClN4O.2ClH/c1-13-3-2-9-23-16(13)21-15(19)14(17(23)24)11-22-10-6-18(12-22)4-7-20-8-5-18;;/h2-3,9,20H,4-8,10-12H2,1H3;2*1H. The second kappa shape index (κ2) is 8.44. The Bertz CT molecular complexity index is 833. The van der Waals surface area contributed by atoms with Crippen molar-refractivity contribution in [3.05, 3.63) is 45.0 Å². The number of aryl methyl sites for hydroxylation is 1. The van der Waals surface area contributed by atoms with E-state index in [0.29, 0.717) is 28.3 Å². The van der Waals surface area contributed by atoms with E-state index in [0.717, 1.165) is 31.7 Å². The molecule has 26 heavy (non-hydrogen) atoms. The number of likely N-dealkylation sites (tertiary alicyclic amines) is 1. The molecule has 0 saturated carbocycles. The maximum atomic E-state index is 12.9. The Hall–Kier alpha value is -0.850. The van der Waals surface area contributed by atoms with Crippen LogP contribution in [0.3, 0.4) is 0 Å². The van der Waals surface area contributed by atoms with Crippen LogP contribution in [-0.4, -0.2) is 40.5 Å². The van der Waals surface area contributed by atoms with Crippen molar-refractivity contribution in [3.8, 4) is 0 Å². The number of pyridine rings is 1. The first-order chi connectivity index (χ1) is 11.6. The Morgan fingerprint density at radius 1 is 1.27 bits per heavy atom. The first-order valence-electron chi connectivity index (χ1n) is 8.67. The molecule has 144 valence electrons. The quantitative estimate of drug-likeness (QED) is 0.760. The normalized spacial score (nSPS) is 19.3. The summed E-state index contributed by atoms with van der Waals surface area (Å²) in [6, 6.07) is 3.82. The van der Waals surface area contributed by atoms with Crippen molar-refractivity contribution < 1.29 is 0 Å². The van der Waals surface area contributed by atoms with Gasteiger partial charge in [0.05, 0.1) is 5.56 Å². The van der Waals surface area contributed by atoms with E-state index in [1.54, 1.807) is 10.6 Å². The molecule has 0 bridgehead atoms. The maximum absolute atomic E-state index is 12.9. The van der Waals surface area contributed by atoms with Gasteiger partial charge in [0.15, 0.2) is 0 Å². The fourth-order valence-electron chi connectivity index (χ4n) is 4.19. The van der Waals surface area contributed by atoms with Crippen molar-refractivity contribution >= 4 is 42.1 Å². The number of rotatable bonds is 2. The summed E-state index contributed by atoms with van der Waals surface area (Å²) in [4.78, 5) is 19.7. The van der Waals surface area contributed by atoms with Gasteiger partial charge < -0.3 is 5.32 Å². The Morgan fingerprint density at radius 2 is 2.00 bits per heavy atom. The van der Waals surface area contributed by atoms with Crippen molar-refractivity contribution in [2.24, 2.45) is 5.41 Å². The SMILES string of the molecule is Cc1cccn2c(=O)c(CN3CCC4(CCNCC4)C3)c(Cl)nc12.Cl.Cl. The molecule has 4 heterocycles. The smallest absolute Gasteiger partial charge is 0.263 e. The second-order valence-electron chi connectivity index (χ2n) is 7.28. The number of hydrogen-bond donors (Lipinski definition) is 1. The molecule has 2 saturated heterocycles. The zero-order valence-electron chi connectivity index (χ0n) is 14.8. The Balaban J connectivity index is 0.00000121. The van der Waals surface area contributed by atoms with Crippen molar-refractivity contribution in [1.29, 1.82) is 0 Å². The molecule has 2 aliphatic heterocycles. The third kappa shape index (κ3) is 3.87. The van der Waals surface area contributed by atoms with Gasteiger partial charge >= 0.3 is 0 Å². The van der Waals surface area contributed by atoms with Crippen LogP contribution in [0.2, 0.25) is 5.15 Å². The molecule has 0 radical (unpaired) electrons. The van der Waals surface area contributed by atoms with Crippen LogP contribution in [0, 0.1) is 12.3 Å². The molecular weight excluding hydrogens is 395 g/mol. The summed E-state index contributed by atoms with van der Waals surface area (Å²) >= 11 is 6.38. The highest BCUT2D eigenvalue weighted by Crippen LogP contribution is 2.39. The number of fused-ring (bicyclic) bond motifs is 1. The number of hydrogen-bond acceptors (Lipinski definition) is 4. The van der Waals surface area contributed by atoms with E-state index in [2.05, 4.69) is 15.2 Å². The molecule has 0 amide bonds. The summed E-state index contributed by atoms with van der Waals surface area (Å²) < 4.78 is 1.62. The van der Waals surface area contributed by atoms with E-state index < -0.39 is 0 Å². The van der Waals surface area contributed by atoms with Crippen LogP contribution in [0.4, 0.5) is 0 Å². The van der Waals surface area contributed by atoms with Gasteiger partial charge in [-0.2, -0.15) is 0 Å². The van der Waals surface area contributed by atoms with Crippen molar-refractivity contribution in [2.75, 3.05) is 26.2 Å². The van der Waals surface area contributed by atoms with E-state index in [1.807, 2.05) is 19.1 Å². The molecule has 2 aromatic rings. The fourth-order valence-corrected chi connectivity index (χ4v) is 4.41. The average molecular weight is 420 g/mol. The first-order valence-corrected chi connectivity index (χ1v) is 9.05. The van der Waals surface area contributed by atoms with Gasteiger partial charge in [-0.25, -0.2) is 4.98 Å². The van der Waals surface area contributed by atoms with Crippen LogP contribution >= 0.6 is 36.4 Å². The van der Waals surface area contributed by atoms with Crippen LogP contribution in [0.25, 0.3) is 5.65 Å². The Labute approximate surface area is 170 Å². The molecule has 5 nitrogen and oxygen atoms in total. The Kier molecular flexibility index (Phi) is 6.97. The van der Waals surface area contributed by atoms with E-state index in [1.165, 1.54) is 19.3 Å². The minimum atomic E-state index is -0.0417. The fraction of sp³-hybridized carbons (Fsp3) is 0.556. The van der Waals surface area contributed by atoms with Gasteiger partial charge in [0, 0.05) is 19.3 Å². The molecular formula is C18H25Cl3N4O. The molecule has 1 spiro atoms. The predicted molar refractivity (Wildman–Crippen MR) is 110 cm³/mol. The molecule has 1 N–H and O–H groups in total. The van der Waals surface area contributed by atoms with Crippen molar-refractivity contribution in [2.45, 2.75) is 32.7 Å². The minimum Gasteiger partial charge on any atom is -0.317 e. The van der Waals surface area contributed by atoms with Crippen LogP contribution in [-0.2, 0) is 6.54 Å². The summed E-state index contributed by atoms with van der Waals surface area (Å²) in [5, 5.41) is 3.79. The van der Waals surface area contributed by atoms with E-state index in [9.17, 15) is 4.79 Å². The van der Waals surface area contributed by atoms with Crippen molar-refractivity contribution in [1.82, 2.24) is 19.6 Å². The number of piperidine rings is 1. The number of halogens is 3. The molecule has 0 atom stereocenters. The lowest BCUT2D eigenvalue weighted by molar-refractivity contribution is 0.193.